The fourth-order valence-corrected chi connectivity index (χ4v) is 5.34. The van der Waals surface area contributed by atoms with Gasteiger partial charge in [-0.25, -0.2) is 24.1 Å². The molecule has 2 heterocycles. The molecule has 8 nitrogen and oxygen atoms in total. The van der Waals surface area contributed by atoms with Gasteiger partial charge in [0.1, 0.15) is 28.2 Å². The normalized spacial score (nSPS) is 17.1. The molecule has 0 saturated heterocycles. The molecule has 1 aliphatic heterocycles. The van der Waals surface area contributed by atoms with Crippen LogP contribution >= 0.6 is 11.8 Å². The number of benzene rings is 2. The van der Waals surface area contributed by atoms with Crippen molar-refractivity contribution in [2.75, 3.05) is 18.6 Å². The Labute approximate surface area is 211 Å². The number of rotatable bonds is 9. The number of pyridine rings is 1. The van der Waals surface area contributed by atoms with Crippen LogP contribution in [0.5, 0.6) is 0 Å². The minimum Gasteiger partial charge on any atom is -0.339 e. The van der Waals surface area contributed by atoms with E-state index in [1.165, 1.54) is 18.8 Å². The van der Waals surface area contributed by atoms with Gasteiger partial charge in [-0.1, -0.05) is 42.1 Å². The topological polar surface area (TPSA) is 105 Å². The maximum absolute atomic E-state index is 14.8. The third-order valence-corrected chi connectivity index (χ3v) is 7.07. The first kappa shape index (κ1) is 25.5. The first-order valence-electron chi connectivity index (χ1n) is 11.3. The zero-order valence-corrected chi connectivity index (χ0v) is 20.4. The predicted molar refractivity (Wildman–Crippen MR) is 136 cm³/mol. The smallest absolute Gasteiger partial charge is 0.338 e. The number of nitrogens with zero attached hydrogens (tertiary/aromatic N) is 3. The summed E-state index contributed by atoms with van der Waals surface area (Å²) in [5, 5.41) is 9.35. The summed E-state index contributed by atoms with van der Waals surface area (Å²) < 4.78 is 28.9. The fourth-order valence-electron chi connectivity index (χ4n) is 3.90. The SMILES string of the molecule is CNC(=O)NOCc1cnccc1N1N=C(c2cc(F)ccc2F)SC1(CCCN)c1ccccc1. The molecule has 4 rings (SSSR count). The van der Waals surface area contributed by atoms with E-state index in [0.29, 0.717) is 35.7 Å². The van der Waals surface area contributed by atoms with E-state index in [0.717, 1.165) is 23.8 Å². The molecule has 2 aromatic carbocycles. The maximum Gasteiger partial charge on any atom is 0.338 e. The molecular weight excluding hydrogens is 486 g/mol. The second kappa shape index (κ2) is 11.5. The van der Waals surface area contributed by atoms with Crippen LogP contribution in [0.1, 0.15) is 29.5 Å². The Balaban J connectivity index is 1.84. The van der Waals surface area contributed by atoms with Crippen LogP contribution in [-0.4, -0.2) is 29.7 Å². The van der Waals surface area contributed by atoms with Crippen molar-refractivity contribution >= 4 is 28.5 Å². The Kier molecular flexibility index (Phi) is 8.14. The second-order valence-electron chi connectivity index (χ2n) is 7.96. The van der Waals surface area contributed by atoms with Crippen molar-refractivity contribution in [1.29, 1.82) is 0 Å². The molecule has 1 aromatic heterocycles. The molecule has 0 fully saturated rings. The van der Waals surface area contributed by atoms with Crippen molar-refractivity contribution in [2.24, 2.45) is 10.8 Å². The highest BCUT2D eigenvalue weighted by Gasteiger charge is 2.47. The number of aromatic nitrogens is 1. The first-order chi connectivity index (χ1) is 17.5. The highest BCUT2D eigenvalue weighted by molar-refractivity contribution is 8.15. The molecule has 0 saturated carbocycles. The highest BCUT2D eigenvalue weighted by Crippen LogP contribution is 2.52. The maximum atomic E-state index is 14.8. The highest BCUT2D eigenvalue weighted by atomic mass is 32.2. The average molecular weight is 513 g/mol. The van der Waals surface area contributed by atoms with Crippen molar-refractivity contribution in [2.45, 2.75) is 24.3 Å². The van der Waals surface area contributed by atoms with E-state index in [4.69, 9.17) is 15.7 Å². The summed E-state index contributed by atoms with van der Waals surface area (Å²) in [6, 6.07) is 14.3. The molecule has 0 radical (unpaired) electrons. The van der Waals surface area contributed by atoms with Crippen LogP contribution in [0.25, 0.3) is 0 Å². The number of carbonyl (C=O) groups excluding carboxylic acids is 1. The Morgan fingerprint density at radius 3 is 2.75 bits per heavy atom. The van der Waals surface area contributed by atoms with E-state index in [1.54, 1.807) is 23.5 Å². The molecule has 0 aliphatic carbocycles. The quantitative estimate of drug-likeness (QED) is 0.371. The number of amides is 2. The van der Waals surface area contributed by atoms with Crippen LogP contribution in [0.15, 0.2) is 72.1 Å². The van der Waals surface area contributed by atoms with Crippen LogP contribution in [0, 0.1) is 11.6 Å². The van der Waals surface area contributed by atoms with Gasteiger partial charge in [0.2, 0.25) is 0 Å². The van der Waals surface area contributed by atoms with Gasteiger partial charge in [-0.2, -0.15) is 5.10 Å². The van der Waals surface area contributed by atoms with Gasteiger partial charge < -0.3 is 11.1 Å². The van der Waals surface area contributed by atoms with Crippen molar-refractivity contribution in [3.63, 3.8) is 0 Å². The van der Waals surface area contributed by atoms with Gasteiger partial charge in [0.25, 0.3) is 0 Å². The van der Waals surface area contributed by atoms with Crippen molar-refractivity contribution < 1.29 is 18.4 Å². The van der Waals surface area contributed by atoms with Gasteiger partial charge in [-0.15, -0.1) is 0 Å². The number of hydrogen-bond acceptors (Lipinski definition) is 7. The number of nitrogens with one attached hydrogen (secondary N) is 2. The molecule has 4 N–H and O–H groups in total. The number of urea groups is 1. The Morgan fingerprint density at radius 2 is 2.00 bits per heavy atom. The van der Waals surface area contributed by atoms with E-state index in [2.05, 4.69) is 15.8 Å². The number of nitrogens with two attached hydrogens (primary N) is 1. The van der Waals surface area contributed by atoms with Crippen molar-refractivity contribution in [1.82, 2.24) is 15.8 Å². The number of carbonyl (C=O) groups is 1. The largest absolute Gasteiger partial charge is 0.339 e. The van der Waals surface area contributed by atoms with Crippen LogP contribution in [0.2, 0.25) is 0 Å². The molecule has 36 heavy (non-hydrogen) atoms. The number of halogens is 2. The molecular formula is C25H26F2N6O2S. The summed E-state index contributed by atoms with van der Waals surface area (Å²) in [5.41, 5.74) is 10.5. The van der Waals surface area contributed by atoms with Gasteiger partial charge >= 0.3 is 6.03 Å². The third kappa shape index (κ3) is 5.32. The zero-order chi connectivity index (χ0) is 25.5. The van der Waals surface area contributed by atoms with Crippen LogP contribution in [0.3, 0.4) is 0 Å². The molecule has 0 spiro atoms. The molecule has 11 heteroatoms. The summed E-state index contributed by atoms with van der Waals surface area (Å²) in [6.45, 7) is 0.438. The Bertz CT molecular complexity index is 1250. The summed E-state index contributed by atoms with van der Waals surface area (Å²) in [5.74, 6) is -1.13. The van der Waals surface area contributed by atoms with Crippen LogP contribution in [0.4, 0.5) is 19.3 Å². The molecule has 188 valence electrons. The van der Waals surface area contributed by atoms with Gasteiger partial charge in [0.05, 0.1) is 5.69 Å². The lowest BCUT2D eigenvalue weighted by molar-refractivity contribution is 0.0497. The minimum absolute atomic E-state index is 0.00129. The van der Waals surface area contributed by atoms with Gasteiger partial charge in [-0.05, 0) is 49.2 Å². The molecule has 1 unspecified atom stereocenters. The molecule has 1 aliphatic rings. The standard InChI is InChI=1S/C25H26F2N6O2S/c1-29-24(34)32-35-16-17-15-30-13-10-22(17)33-25(11-5-12-28,18-6-3-2-4-7-18)36-23(31-33)20-14-19(26)8-9-21(20)27/h2-4,6-10,13-15H,5,11-12,16,28H2,1H3,(H2,29,32,34). The summed E-state index contributed by atoms with van der Waals surface area (Å²) in [4.78, 5) is 20.3. The fraction of sp³-hybridized carbons (Fsp3) is 0.240. The number of thioether (sulfide) groups is 1. The lowest BCUT2D eigenvalue weighted by Gasteiger charge is -2.38. The molecule has 2 amide bonds. The number of anilines is 1. The Morgan fingerprint density at radius 1 is 1.19 bits per heavy atom. The van der Waals surface area contributed by atoms with Crippen molar-refractivity contribution in [3.8, 4) is 0 Å². The lowest BCUT2D eigenvalue weighted by atomic mass is 9.99. The summed E-state index contributed by atoms with van der Waals surface area (Å²) in [6.07, 6.45) is 4.45. The average Bonchev–Trinajstić information content (AvgIpc) is 3.30. The van der Waals surface area contributed by atoms with Crippen molar-refractivity contribution in [3.05, 3.63) is 95.3 Å². The van der Waals surface area contributed by atoms with Crippen LogP contribution < -0.4 is 21.5 Å². The van der Waals surface area contributed by atoms with Crippen LogP contribution in [-0.2, 0) is 16.3 Å². The van der Waals surface area contributed by atoms with E-state index in [1.807, 2.05) is 30.3 Å². The van der Waals surface area contributed by atoms with Gasteiger partial charge in [0.15, 0.2) is 0 Å². The summed E-state index contributed by atoms with van der Waals surface area (Å²) >= 11 is 1.34. The molecule has 1 atom stereocenters. The first-order valence-corrected chi connectivity index (χ1v) is 12.1. The lowest BCUT2D eigenvalue weighted by Crippen LogP contribution is -2.39. The van der Waals surface area contributed by atoms with E-state index in [-0.39, 0.29) is 12.2 Å². The van der Waals surface area contributed by atoms with E-state index >= 15 is 0 Å². The minimum atomic E-state index is -0.807. The van der Waals surface area contributed by atoms with E-state index < -0.39 is 22.5 Å². The monoisotopic (exact) mass is 512 g/mol. The predicted octanol–water partition coefficient (Wildman–Crippen LogP) is 4.23. The van der Waals surface area contributed by atoms with Gasteiger partial charge in [0, 0.05) is 30.6 Å². The van der Waals surface area contributed by atoms with E-state index in [9.17, 15) is 13.6 Å². The molecule has 3 aromatic rings. The third-order valence-electron chi connectivity index (χ3n) is 5.63. The number of hydroxylamine groups is 1. The number of hydrazone groups is 1. The second-order valence-corrected chi connectivity index (χ2v) is 9.23. The Hall–Kier alpha value is -3.54. The zero-order valence-electron chi connectivity index (χ0n) is 19.6. The molecule has 0 bridgehead atoms. The number of hydrogen-bond donors (Lipinski definition) is 3. The summed E-state index contributed by atoms with van der Waals surface area (Å²) in [7, 11) is 1.48. The van der Waals surface area contributed by atoms with Gasteiger partial charge in [-0.3, -0.25) is 9.82 Å².